The zero-order chi connectivity index (χ0) is 19.9. The van der Waals surface area contributed by atoms with Crippen molar-refractivity contribution >= 4 is 32.6 Å². The number of aromatic hydroxyl groups is 9. The lowest BCUT2D eigenvalue weighted by atomic mass is 9.98. The second-order valence-electron chi connectivity index (χ2n) is 6.14. The summed E-state index contributed by atoms with van der Waals surface area (Å²) in [6.45, 7) is 1.26. The Morgan fingerprint density at radius 2 is 0.852 bits per heavy atom. The predicted octanol–water partition coefficient (Wildman–Crippen LogP) is 2.13. The van der Waals surface area contributed by atoms with E-state index in [0.717, 1.165) is 0 Å². The summed E-state index contributed by atoms with van der Waals surface area (Å²) in [5.41, 5.74) is -0.816. The third-order valence-corrected chi connectivity index (χ3v) is 4.75. The van der Waals surface area contributed by atoms with Crippen molar-refractivity contribution in [2.45, 2.75) is 6.92 Å². The highest BCUT2D eigenvalue weighted by atomic mass is 16.3. The van der Waals surface area contributed by atoms with E-state index in [2.05, 4.69) is 4.98 Å². The van der Waals surface area contributed by atoms with Gasteiger partial charge in [0.05, 0.1) is 32.6 Å². The van der Waals surface area contributed by atoms with Gasteiger partial charge in [0.2, 0.25) is 11.5 Å². The van der Waals surface area contributed by atoms with Crippen LogP contribution >= 0.6 is 0 Å². The zero-order valence-electron chi connectivity index (χ0n) is 13.5. The monoisotopic (exact) mass is 375 g/mol. The molecule has 3 aromatic carbocycles. The van der Waals surface area contributed by atoms with Crippen LogP contribution in [0.3, 0.4) is 0 Å². The van der Waals surface area contributed by atoms with Crippen LogP contribution in [0.2, 0.25) is 0 Å². The number of phenols is 9. The fraction of sp³-hybridized carbons (Fsp3) is 0.0588. The molecular formula is C17H13NO9. The Morgan fingerprint density at radius 3 is 1.48 bits per heavy atom. The molecule has 0 spiro atoms. The Kier molecular flexibility index (Phi) is 2.89. The molecule has 0 aliphatic heterocycles. The van der Waals surface area contributed by atoms with Gasteiger partial charge in [-0.1, -0.05) is 0 Å². The second-order valence-corrected chi connectivity index (χ2v) is 6.14. The van der Waals surface area contributed by atoms with Crippen LogP contribution in [0.1, 0.15) is 5.56 Å². The third-order valence-electron chi connectivity index (χ3n) is 4.75. The van der Waals surface area contributed by atoms with Crippen LogP contribution in [0.4, 0.5) is 0 Å². The fourth-order valence-electron chi connectivity index (χ4n) is 3.33. The summed E-state index contributed by atoms with van der Waals surface area (Å²) in [5.74, 6) is -7.49. The van der Waals surface area contributed by atoms with Crippen molar-refractivity contribution in [1.82, 2.24) is 4.98 Å². The Morgan fingerprint density at radius 1 is 0.407 bits per heavy atom. The molecule has 1 heterocycles. The standard InChI is InChI=1S/C17H13NO9/c1-2-9(19)5-6(14(24)10(2)20)12(22)7-3(11(5)21)4-8(18-7)15(25)17(27)16(26)13(4)23/h18-27H,1H3. The van der Waals surface area contributed by atoms with E-state index in [1.165, 1.54) is 6.92 Å². The number of H-pyrrole nitrogens is 1. The Bertz CT molecular complexity index is 1320. The number of phenolic OH excluding ortho intramolecular Hbond substituents is 9. The molecule has 10 N–H and O–H groups in total. The van der Waals surface area contributed by atoms with E-state index in [-0.39, 0.29) is 27.4 Å². The van der Waals surface area contributed by atoms with Gasteiger partial charge in [0.25, 0.3) is 0 Å². The van der Waals surface area contributed by atoms with Crippen LogP contribution < -0.4 is 0 Å². The molecule has 10 heteroatoms. The average Bonchev–Trinajstić information content (AvgIpc) is 3.05. The summed E-state index contributed by atoms with van der Waals surface area (Å²) in [6, 6.07) is 0. The van der Waals surface area contributed by atoms with Gasteiger partial charge < -0.3 is 50.9 Å². The van der Waals surface area contributed by atoms with Gasteiger partial charge >= 0.3 is 0 Å². The van der Waals surface area contributed by atoms with E-state index in [0.29, 0.717) is 0 Å². The third kappa shape index (κ3) is 1.68. The van der Waals surface area contributed by atoms with Crippen LogP contribution in [-0.4, -0.2) is 50.9 Å². The first kappa shape index (κ1) is 16.4. The van der Waals surface area contributed by atoms with Gasteiger partial charge in [0.1, 0.15) is 11.5 Å². The van der Waals surface area contributed by atoms with Gasteiger partial charge in [0.15, 0.2) is 28.7 Å². The molecule has 4 aromatic rings. The minimum absolute atomic E-state index is 0.179. The van der Waals surface area contributed by atoms with E-state index < -0.39 is 62.5 Å². The van der Waals surface area contributed by atoms with Gasteiger partial charge in [0, 0.05) is 5.56 Å². The summed E-state index contributed by atoms with van der Waals surface area (Å²) in [5, 5.41) is 89.7. The fourth-order valence-corrected chi connectivity index (χ4v) is 3.33. The maximum absolute atomic E-state index is 10.7. The highest BCUT2D eigenvalue weighted by Gasteiger charge is 2.29. The van der Waals surface area contributed by atoms with Crippen LogP contribution in [0.5, 0.6) is 51.7 Å². The van der Waals surface area contributed by atoms with E-state index in [1.54, 1.807) is 0 Å². The predicted molar refractivity (Wildman–Crippen MR) is 93.0 cm³/mol. The van der Waals surface area contributed by atoms with Crippen molar-refractivity contribution < 1.29 is 46.0 Å². The summed E-state index contributed by atoms with van der Waals surface area (Å²) in [7, 11) is 0. The summed E-state index contributed by atoms with van der Waals surface area (Å²) in [6.07, 6.45) is 0. The van der Waals surface area contributed by atoms with E-state index in [9.17, 15) is 46.0 Å². The minimum Gasteiger partial charge on any atom is -0.507 e. The number of aromatic amines is 1. The van der Waals surface area contributed by atoms with Gasteiger partial charge in [-0.3, -0.25) is 0 Å². The SMILES string of the molecule is Cc1c(O)c(O)c2c(O)c3[nH]c4c(O)c(O)c(O)c(O)c4c3c(O)c2c1O. The van der Waals surface area contributed by atoms with E-state index >= 15 is 0 Å². The number of hydrogen-bond donors (Lipinski definition) is 10. The molecule has 140 valence electrons. The number of nitrogens with one attached hydrogen (secondary N) is 1. The first-order valence-electron chi connectivity index (χ1n) is 7.51. The Labute approximate surface area is 148 Å². The number of aromatic nitrogens is 1. The summed E-state index contributed by atoms with van der Waals surface area (Å²) in [4.78, 5) is 2.47. The maximum atomic E-state index is 10.7. The van der Waals surface area contributed by atoms with E-state index in [1.807, 2.05) is 0 Å². The summed E-state index contributed by atoms with van der Waals surface area (Å²) >= 11 is 0. The Balaban J connectivity index is 2.44. The molecule has 0 fully saturated rings. The van der Waals surface area contributed by atoms with Crippen molar-refractivity contribution in [2.24, 2.45) is 0 Å². The van der Waals surface area contributed by atoms with Gasteiger partial charge in [-0.05, 0) is 6.92 Å². The molecular weight excluding hydrogens is 362 g/mol. The lowest BCUT2D eigenvalue weighted by Gasteiger charge is -2.14. The number of fused-ring (bicyclic) bond motifs is 4. The Hall–Kier alpha value is -4.08. The van der Waals surface area contributed by atoms with Crippen LogP contribution in [-0.2, 0) is 0 Å². The molecule has 0 bridgehead atoms. The number of rotatable bonds is 0. The summed E-state index contributed by atoms with van der Waals surface area (Å²) < 4.78 is 0. The van der Waals surface area contributed by atoms with Gasteiger partial charge in [-0.15, -0.1) is 0 Å². The zero-order valence-corrected chi connectivity index (χ0v) is 13.5. The molecule has 0 amide bonds. The van der Waals surface area contributed by atoms with Crippen LogP contribution in [0.15, 0.2) is 0 Å². The maximum Gasteiger partial charge on any atom is 0.206 e. The lowest BCUT2D eigenvalue weighted by Crippen LogP contribution is -1.86. The molecule has 0 saturated carbocycles. The number of benzene rings is 3. The van der Waals surface area contributed by atoms with Crippen molar-refractivity contribution in [3.8, 4) is 51.7 Å². The molecule has 27 heavy (non-hydrogen) atoms. The second kappa shape index (κ2) is 4.75. The minimum atomic E-state index is -1.06. The first-order valence-corrected chi connectivity index (χ1v) is 7.51. The van der Waals surface area contributed by atoms with Crippen molar-refractivity contribution in [1.29, 1.82) is 0 Å². The van der Waals surface area contributed by atoms with Crippen molar-refractivity contribution in [2.75, 3.05) is 0 Å². The molecule has 0 atom stereocenters. The quantitative estimate of drug-likeness (QED) is 0.161. The first-order chi connectivity index (χ1) is 12.6. The molecule has 0 aliphatic rings. The molecule has 0 radical (unpaired) electrons. The molecule has 0 unspecified atom stereocenters. The average molecular weight is 375 g/mol. The highest BCUT2D eigenvalue weighted by molar-refractivity contribution is 6.25. The smallest absolute Gasteiger partial charge is 0.206 e. The molecule has 0 saturated heterocycles. The largest absolute Gasteiger partial charge is 0.507 e. The number of hydrogen-bond acceptors (Lipinski definition) is 9. The molecule has 0 aliphatic carbocycles. The molecule has 10 nitrogen and oxygen atoms in total. The van der Waals surface area contributed by atoms with Crippen molar-refractivity contribution in [3.63, 3.8) is 0 Å². The lowest BCUT2D eigenvalue weighted by molar-refractivity contribution is 0.350. The highest BCUT2D eigenvalue weighted by Crippen LogP contribution is 2.58. The van der Waals surface area contributed by atoms with Crippen molar-refractivity contribution in [3.05, 3.63) is 5.56 Å². The van der Waals surface area contributed by atoms with Crippen LogP contribution in [0, 0.1) is 6.92 Å². The normalized spacial score (nSPS) is 11.7. The van der Waals surface area contributed by atoms with Gasteiger partial charge in [-0.25, -0.2) is 0 Å². The van der Waals surface area contributed by atoms with Gasteiger partial charge in [-0.2, -0.15) is 0 Å². The van der Waals surface area contributed by atoms with Crippen LogP contribution in [0.25, 0.3) is 32.6 Å². The van der Waals surface area contributed by atoms with E-state index in [4.69, 9.17) is 0 Å². The molecule has 4 rings (SSSR count). The topological polar surface area (TPSA) is 198 Å². The molecule has 1 aromatic heterocycles.